The Morgan fingerprint density at radius 2 is 1.81 bits per heavy atom. The van der Waals surface area contributed by atoms with Crippen molar-refractivity contribution in [1.29, 1.82) is 0 Å². The maximum atomic E-state index is 5.56. The molecule has 0 saturated carbocycles. The lowest BCUT2D eigenvalue weighted by atomic mass is 10.3. The normalized spacial score (nSPS) is 31.1. The molecule has 0 spiro atoms. The Kier molecular flexibility index (Phi) is 5.06. The third kappa shape index (κ3) is 3.71. The van der Waals surface area contributed by atoms with Gasteiger partial charge in [-0.15, -0.1) is 11.6 Å². The molecule has 0 aromatic carbocycles. The van der Waals surface area contributed by atoms with Gasteiger partial charge >= 0.3 is 0 Å². The molecule has 92 valence electrons. The van der Waals surface area contributed by atoms with E-state index in [-0.39, 0.29) is 0 Å². The topological polar surface area (TPSA) is 21.8 Å². The van der Waals surface area contributed by atoms with Gasteiger partial charge in [-0.25, -0.2) is 0 Å². The highest BCUT2D eigenvalue weighted by atomic mass is 35.5. The predicted octanol–water partition coefficient (Wildman–Crippen LogP) is 0.524. The third-order valence-electron chi connectivity index (χ3n) is 3.00. The standard InChI is InChI=1S/C11H21ClN4/c12-4-1-2-5-13-8-16-10-14-6-3-7-15(9-14)11-16/h1-2,13H,3-11H2/b2-1+. The largest absolute Gasteiger partial charge is 0.301 e. The molecule has 2 aliphatic rings. The van der Waals surface area contributed by atoms with E-state index in [0.29, 0.717) is 5.88 Å². The van der Waals surface area contributed by atoms with E-state index in [1.807, 2.05) is 6.08 Å². The third-order valence-corrected chi connectivity index (χ3v) is 3.18. The van der Waals surface area contributed by atoms with Crippen molar-refractivity contribution in [2.75, 3.05) is 52.2 Å². The van der Waals surface area contributed by atoms with E-state index >= 15 is 0 Å². The molecule has 2 unspecified atom stereocenters. The van der Waals surface area contributed by atoms with Crippen LogP contribution in [0.2, 0.25) is 0 Å². The number of rotatable bonds is 5. The lowest BCUT2D eigenvalue weighted by Gasteiger charge is -2.45. The highest BCUT2D eigenvalue weighted by Gasteiger charge is 2.25. The fraction of sp³-hybridized carbons (Fsp3) is 0.818. The van der Waals surface area contributed by atoms with Crippen LogP contribution in [0.15, 0.2) is 12.2 Å². The monoisotopic (exact) mass is 244 g/mol. The molecule has 2 aliphatic heterocycles. The second kappa shape index (κ2) is 6.57. The first-order valence-corrected chi connectivity index (χ1v) is 6.50. The van der Waals surface area contributed by atoms with Crippen LogP contribution >= 0.6 is 11.6 Å². The molecule has 1 N–H and O–H groups in total. The minimum atomic E-state index is 0.604. The second-order valence-corrected chi connectivity index (χ2v) is 4.78. The smallest absolute Gasteiger partial charge is 0.0542 e. The second-order valence-electron chi connectivity index (χ2n) is 4.48. The highest BCUT2D eigenvalue weighted by Crippen LogP contribution is 2.12. The van der Waals surface area contributed by atoms with Gasteiger partial charge in [0.15, 0.2) is 0 Å². The fourth-order valence-corrected chi connectivity index (χ4v) is 2.46. The minimum Gasteiger partial charge on any atom is -0.301 e. The van der Waals surface area contributed by atoms with Crippen LogP contribution in [-0.2, 0) is 0 Å². The zero-order valence-electron chi connectivity index (χ0n) is 9.74. The van der Waals surface area contributed by atoms with Crippen LogP contribution in [0.4, 0.5) is 0 Å². The van der Waals surface area contributed by atoms with Crippen LogP contribution in [0.3, 0.4) is 0 Å². The van der Waals surface area contributed by atoms with Gasteiger partial charge < -0.3 is 5.32 Å². The number of halogens is 1. The fourth-order valence-electron chi connectivity index (χ4n) is 2.34. The molecule has 0 aromatic rings. The average molecular weight is 245 g/mol. The molecule has 5 heteroatoms. The number of allylic oxidation sites excluding steroid dienone is 1. The number of hydrogen-bond acceptors (Lipinski definition) is 4. The van der Waals surface area contributed by atoms with Gasteiger partial charge in [-0.3, -0.25) is 14.7 Å². The Labute approximate surface area is 103 Å². The summed E-state index contributed by atoms with van der Waals surface area (Å²) in [5.74, 6) is 0.604. The van der Waals surface area contributed by atoms with E-state index in [9.17, 15) is 0 Å². The maximum absolute atomic E-state index is 5.56. The Balaban J connectivity index is 1.64. The van der Waals surface area contributed by atoms with Crippen molar-refractivity contribution in [2.45, 2.75) is 6.42 Å². The Bertz CT molecular complexity index is 222. The number of alkyl halides is 1. The summed E-state index contributed by atoms with van der Waals surface area (Å²) in [7, 11) is 0. The van der Waals surface area contributed by atoms with Crippen LogP contribution in [0, 0.1) is 0 Å². The van der Waals surface area contributed by atoms with Crippen LogP contribution in [0.5, 0.6) is 0 Å². The SMILES string of the molecule is ClC/C=C/CNCN1CN2CCCN(C2)C1. The van der Waals surface area contributed by atoms with Crippen molar-refractivity contribution in [1.82, 2.24) is 20.0 Å². The van der Waals surface area contributed by atoms with Gasteiger partial charge in [-0.05, 0) is 6.42 Å². The molecule has 2 heterocycles. The first-order valence-electron chi connectivity index (χ1n) is 5.97. The summed E-state index contributed by atoms with van der Waals surface area (Å²) in [4.78, 5) is 7.45. The molecule has 0 aliphatic carbocycles. The van der Waals surface area contributed by atoms with Crippen molar-refractivity contribution in [3.05, 3.63) is 12.2 Å². The van der Waals surface area contributed by atoms with Gasteiger partial charge in [0.1, 0.15) is 0 Å². The van der Waals surface area contributed by atoms with Crippen LogP contribution in [0.1, 0.15) is 6.42 Å². The van der Waals surface area contributed by atoms with Gasteiger partial charge in [0.25, 0.3) is 0 Å². The Morgan fingerprint density at radius 3 is 2.50 bits per heavy atom. The van der Waals surface area contributed by atoms with Crippen LogP contribution in [-0.4, -0.2) is 66.9 Å². The summed E-state index contributed by atoms with van der Waals surface area (Å²) >= 11 is 5.56. The molecular weight excluding hydrogens is 224 g/mol. The highest BCUT2D eigenvalue weighted by molar-refractivity contribution is 6.18. The van der Waals surface area contributed by atoms with E-state index in [4.69, 9.17) is 11.6 Å². The molecule has 0 amide bonds. The number of nitrogens with one attached hydrogen (secondary N) is 1. The van der Waals surface area contributed by atoms with E-state index in [1.165, 1.54) is 19.5 Å². The molecule has 0 aromatic heterocycles. The van der Waals surface area contributed by atoms with Crippen LogP contribution in [0.25, 0.3) is 0 Å². The molecule has 2 bridgehead atoms. The quantitative estimate of drug-likeness (QED) is 0.433. The van der Waals surface area contributed by atoms with Gasteiger partial charge in [0.05, 0.1) is 26.7 Å². The summed E-state index contributed by atoms with van der Waals surface area (Å²) < 4.78 is 0. The molecule has 4 nitrogen and oxygen atoms in total. The molecular formula is C11H21ClN4. The lowest BCUT2D eigenvalue weighted by Crippen LogP contribution is -2.59. The first-order chi connectivity index (χ1) is 7.88. The molecule has 2 rings (SSSR count). The first kappa shape index (κ1) is 12.3. The van der Waals surface area contributed by atoms with Crippen molar-refractivity contribution in [3.63, 3.8) is 0 Å². The molecule has 2 saturated heterocycles. The summed E-state index contributed by atoms with van der Waals surface area (Å²) in [6.45, 7) is 7.72. The number of nitrogens with zero attached hydrogens (tertiary/aromatic N) is 3. The van der Waals surface area contributed by atoms with E-state index in [1.54, 1.807) is 0 Å². The summed E-state index contributed by atoms with van der Waals surface area (Å²) in [5, 5.41) is 3.41. The van der Waals surface area contributed by atoms with E-state index in [0.717, 1.165) is 33.2 Å². The van der Waals surface area contributed by atoms with E-state index < -0.39 is 0 Å². The van der Waals surface area contributed by atoms with Crippen molar-refractivity contribution in [2.24, 2.45) is 0 Å². The van der Waals surface area contributed by atoms with Gasteiger partial charge in [0.2, 0.25) is 0 Å². The zero-order valence-corrected chi connectivity index (χ0v) is 10.5. The molecule has 16 heavy (non-hydrogen) atoms. The predicted molar refractivity (Wildman–Crippen MR) is 67.2 cm³/mol. The van der Waals surface area contributed by atoms with Gasteiger partial charge in [0, 0.05) is 25.5 Å². The maximum Gasteiger partial charge on any atom is 0.0542 e. The molecule has 2 fully saturated rings. The Morgan fingerprint density at radius 1 is 1.06 bits per heavy atom. The van der Waals surface area contributed by atoms with Crippen molar-refractivity contribution in [3.8, 4) is 0 Å². The van der Waals surface area contributed by atoms with E-state index in [2.05, 4.69) is 26.1 Å². The molecule has 2 atom stereocenters. The van der Waals surface area contributed by atoms with Gasteiger partial charge in [-0.1, -0.05) is 12.2 Å². The number of hydrogen-bond donors (Lipinski definition) is 1. The number of fused-ring (bicyclic) bond motifs is 2. The summed E-state index contributed by atoms with van der Waals surface area (Å²) in [6, 6.07) is 0. The Hall–Kier alpha value is -0.130. The minimum absolute atomic E-state index is 0.604. The zero-order chi connectivity index (χ0) is 11.2. The summed E-state index contributed by atoms with van der Waals surface area (Å²) in [6.07, 6.45) is 5.38. The van der Waals surface area contributed by atoms with Crippen LogP contribution < -0.4 is 5.32 Å². The summed E-state index contributed by atoms with van der Waals surface area (Å²) in [5.41, 5.74) is 0. The average Bonchev–Trinajstić information content (AvgIpc) is 2.28. The lowest BCUT2D eigenvalue weighted by molar-refractivity contribution is -0.0578. The molecule has 0 radical (unpaired) electrons. The van der Waals surface area contributed by atoms with Crippen molar-refractivity contribution < 1.29 is 0 Å². The van der Waals surface area contributed by atoms with Gasteiger partial charge in [-0.2, -0.15) is 0 Å². The van der Waals surface area contributed by atoms with Crippen molar-refractivity contribution >= 4 is 11.6 Å².